The Morgan fingerprint density at radius 2 is 1.85 bits per heavy atom. The number of fused-ring (bicyclic) bond motifs is 1. The van der Waals surface area contributed by atoms with E-state index in [0.717, 1.165) is 36.8 Å². The minimum absolute atomic E-state index is 0.233. The lowest BCUT2D eigenvalue weighted by atomic mass is 9.90. The summed E-state index contributed by atoms with van der Waals surface area (Å²) >= 11 is 0. The number of alkyl halides is 3. The van der Waals surface area contributed by atoms with Gasteiger partial charge in [-0.3, -0.25) is 4.98 Å². The number of benzene rings is 1. The van der Waals surface area contributed by atoms with E-state index < -0.39 is 18.1 Å². The average Bonchev–Trinajstić information content (AvgIpc) is 3.24. The Morgan fingerprint density at radius 1 is 1.10 bits per heavy atom. The Balaban J connectivity index is 1.53. The fourth-order valence-electron chi connectivity index (χ4n) is 5.03. The number of hydrogen-bond acceptors (Lipinski definition) is 5. The van der Waals surface area contributed by atoms with Crippen molar-refractivity contribution in [2.24, 2.45) is 0 Å². The zero-order valence-corrected chi connectivity index (χ0v) is 22.9. The van der Waals surface area contributed by atoms with Crippen LogP contribution in [0.5, 0.6) is 0 Å². The molecule has 1 saturated carbocycles. The Labute approximate surface area is 228 Å². The second-order valence-electron chi connectivity index (χ2n) is 10.9. The van der Waals surface area contributed by atoms with Crippen LogP contribution >= 0.6 is 0 Å². The Morgan fingerprint density at radius 3 is 2.46 bits per heavy atom. The number of rotatable bonds is 7. The van der Waals surface area contributed by atoms with Gasteiger partial charge >= 0.3 is 6.18 Å². The smallest absolute Gasteiger partial charge is 0.382 e. The minimum Gasteiger partial charge on any atom is -0.382 e. The van der Waals surface area contributed by atoms with Gasteiger partial charge in [0.2, 0.25) is 0 Å². The molecule has 2 aromatic heterocycles. The molecular formula is C30H35F3N6. The summed E-state index contributed by atoms with van der Waals surface area (Å²) in [7, 11) is 4.20. The molecule has 1 aromatic carbocycles. The van der Waals surface area contributed by atoms with Crippen molar-refractivity contribution in [3.05, 3.63) is 54.0 Å². The lowest BCUT2D eigenvalue weighted by molar-refractivity contribution is -0.140. The number of nitrogens with one attached hydrogen (secondary N) is 2. The van der Waals surface area contributed by atoms with Gasteiger partial charge in [0, 0.05) is 23.2 Å². The second-order valence-corrected chi connectivity index (χ2v) is 10.9. The van der Waals surface area contributed by atoms with Crippen LogP contribution in [0.2, 0.25) is 0 Å². The SMILES string of the molecule is CN(C)[C@H]1CC[C@@H](Nc2cccc3c2cc(C#CCNc2ccc(C(C)(C)C#N)nc2)n3CC(F)(F)F)CC1. The number of nitriles is 1. The van der Waals surface area contributed by atoms with E-state index in [1.54, 1.807) is 44.3 Å². The molecule has 9 heteroatoms. The van der Waals surface area contributed by atoms with Gasteiger partial charge in [-0.15, -0.1) is 0 Å². The van der Waals surface area contributed by atoms with Crippen LogP contribution in [0.25, 0.3) is 10.9 Å². The molecule has 1 fully saturated rings. The molecule has 6 nitrogen and oxygen atoms in total. The summed E-state index contributed by atoms with van der Waals surface area (Å²) in [5.41, 5.74) is 2.36. The predicted molar refractivity (Wildman–Crippen MR) is 150 cm³/mol. The van der Waals surface area contributed by atoms with Gasteiger partial charge in [0.25, 0.3) is 0 Å². The van der Waals surface area contributed by atoms with Crippen molar-refractivity contribution in [2.45, 2.75) is 69.8 Å². The maximum absolute atomic E-state index is 13.5. The third-order valence-corrected chi connectivity index (χ3v) is 7.35. The summed E-state index contributed by atoms with van der Waals surface area (Å²) in [6.45, 7) is 2.72. The fourth-order valence-corrected chi connectivity index (χ4v) is 5.03. The van der Waals surface area contributed by atoms with E-state index in [-0.39, 0.29) is 12.6 Å². The highest BCUT2D eigenvalue weighted by molar-refractivity contribution is 5.94. The third kappa shape index (κ3) is 7.04. The highest BCUT2D eigenvalue weighted by atomic mass is 19.4. The number of aromatic nitrogens is 2. The van der Waals surface area contributed by atoms with E-state index >= 15 is 0 Å². The second kappa shape index (κ2) is 11.6. The number of halogens is 3. The Kier molecular flexibility index (Phi) is 8.42. The van der Waals surface area contributed by atoms with Crippen molar-refractivity contribution in [1.29, 1.82) is 5.26 Å². The lowest BCUT2D eigenvalue weighted by Crippen LogP contribution is -2.36. The van der Waals surface area contributed by atoms with E-state index in [9.17, 15) is 18.4 Å². The van der Waals surface area contributed by atoms with Gasteiger partial charge in [-0.05, 0) is 89.9 Å². The summed E-state index contributed by atoms with van der Waals surface area (Å²) in [5, 5.41) is 16.7. The van der Waals surface area contributed by atoms with Gasteiger partial charge in [-0.1, -0.05) is 12.0 Å². The first-order chi connectivity index (χ1) is 18.5. The van der Waals surface area contributed by atoms with E-state index in [4.69, 9.17) is 0 Å². The van der Waals surface area contributed by atoms with Gasteiger partial charge in [0.1, 0.15) is 6.54 Å². The van der Waals surface area contributed by atoms with Crippen molar-refractivity contribution in [3.63, 3.8) is 0 Å². The molecule has 0 aliphatic heterocycles. The number of nitrogens with zero attached hydrogens (tertiary/aromatic N) is 4. The maximum atomic E-state index is 13.5. The van der Waals surface area contributed by atoms with Crippen LogP contribution in [-0.2, 0) is 12.0 Å². The molecular weight excluding hydrogens is 501 g/mol. The van der Waals surface area contributed by atoms with Crippen LogP contribution in [0.1, 0.15) is 50.9 Å². The summed E-state index contributed by atoms with van der Waals surface area (Å²) < 4.78 is 41.8. The summed E-state index contributed by atoms with van der Waals surface area (Å²) in [5.74, 6) is 5.90. The Hall–Kier alpha value is -3.69. The third-order valence-electron chi connectivity index (χ3n) is 7.35. The van der Waals surface area contributed by atoms with Crippen LogP contribution in [0.4, 0.5) is 24.5 Å². The fraction of sp³-hybridized carbons (Fsp3) is 0.467. The summed E-state index contributed by atoms with van der Waals surface area (Å²) in [6.07, 6.45) is 1.47. The zero-order chi connectivity index (χ0) is 28.2. The van der Waals surface area contributed by atoms with Crippen molar-refractivity contribution < 1.29 is 13.2 Å². The highest BCUT2D eigenvalue weighted by Gasteiger charge is 2.30. The van der Waals surface area contributed by atoms with Crippen LogP contribution in [0.15, 0.2) is 42.6 Å². The number of anilines is 2. The van der Waals surface area contributed by atoms with Gasteiger partial charge in [-0.2, -0.15) is 18.4 Å². The van der Waals surface area contributed by atoms with Gasteiger partial charge in [0.05, 0.1) is 46.8 Å². The lowest BCUT2D eigenvalue weighted by Gasteiger charge is -2.33. The molecule has 0 atom stereocenters. The molecule has 1 aliphatic carbocycles. The van der Waals surface area contributed by atoms with Crippen LogP contribution in [-0.4, -0.2) is 53.4 Å². The summed E-state index contributed by atoms with van der Waals surface area (Å²) in [6, 6.07) is 13.9. The minimum atomic E-state index is -4.38. The molecule has 0 amide bonds. The molecule has 2 N–H and O–H groups in total. The molecule has 1 aliphatic rings. The predicted octanol–water partition coefficient (Wildman–Crippen LogP) is 6.15. The van der Waals surface area contributed by atoms with Crippen molar-refractivity contribution in [3.8, 4) is 17.9 Å². The van der Waals surface area contributed by atoms with Gasteiger partial charge in [0.15, 0.2) is 0 Å². The number of pyridine rings is 1. The largest absolute Gasteiger partial charge is 0.406 e. The topological polar surface area (TPSA) is 68.9 Å². The molecule has 0 saturated heterocycles. The van der Waals surface area contributed by atoms with Gasteiger partial charge in [-0.25, -0.2) is 0 Å². The normalized spacial score (nSPS) is 17.9. The molecule has 206 valence electrons. The van der Waals surface area contributed by atoms with Gasteiger partial charge < -0.3 is 20.1 Å². The maximum Gasteiger partial charge on any atom is 0.406 e. The average molecular weight is 537 g/mol. The quantitative estimate of drug-likeness (QED) is 0.355. The molecule has 39 heavy (non-hydrogen) atoms. The monoisotopic (exact) mass is 536 g/mol. The molecule has 2 heterocycles. The van der Waals surface area contributed by atoms with E-state index in [1.807, 2.05) is 12.1 Å². The van der Waals surface area contributed by atoms with Crippen molar-refractivity contribution in [1.82, 2.24) is 14.5 Å². The molecule has 3 aromatic rings. The van der Waals surface area contributed by atoms with Crippen LogP contribution in [0.3, 0.4) is 0 Å². The Bertz CT molecular complexity index is 1380. The molecule has 4 rings (SSSR count). The van der Waals surface area contributed by atoms with E-state index in [0.29, 0.717) is 28.6 Å². The first kappa shape index (κ1) is 28.3. The first-order valence-electron chi connectivity index (χ1n) is 13.2. The van der Waals surface area contributed by atoms with Crippen LogP contribution < -0.4 is 10.6 Å². The van der Waals surface area contributed by atoms with Crippen molar-refractivity contribution >= 4 is 22.3 Å². The molecule has 0 spiro atoms. The van der Waals surface area contributed by atoms with E-state index in [2.05, 4.69) is 52.5 Å². The highest BCUT2D eigenvalue weighted by Crippen LogP contribution is 2.32. The number of hydrogen-bond donors (Lipinski definition) is 2. The molecule has 0 unspecified atom stereocenters. The first-order valence-corrected chi connectivity index (χ1v) is 13.2. The standard InChI is InChI=1S/C30H35F3N6/c1-29(2,19-34)28-15-12-22(18-36-28)35-16-6-7-24-17-25-26(37-21-10-13-23(14-11-21)38(3)4)8-5-9-27(25)39(24)20-30(31,32)33/h5,8-9,12,15,17-18,21,23,35,37H,10-11,13-14,16,20H2,1-4H3/t21-,23+. The van der Waals surface area contributed by atoms with Crippen LogP contribution in [0, 0.1) is 23.2 Å². The molecule has 0 bridgehead atoms. The van der Waals surface area contributed by atoms with Crippen molar-refractivity contribution in [2.75, 3.05) is 31.3 Å². The summed E-state index contributed by atoms with van der Waals surface area (Å²) in [4.78, 5) is 6.60. The van der Waals surface area contributed by atoms with E-state index in [1.165, 1.54) is 4.57 Å². The molecule has 0 radical (unpaired) electrons. The zero-order valence-electron chi connectivity index (χ0n) is 22.9.